The molecular weight excluding hydrogens is 184 g/mol. The van der Waals surface area contributed by atoms with Gasteiger partial charge in [0.1, 0.15) is 5.54 Å². The topological polar surface area (TPSA) is 27.0 Å². The minimum Gasteiger partial charge on any atom is -0.286 e. The van der Waals surface area contributed by atoms with Crippen LogP contribution < -0.4 is 0 Å². The third-order valence-corrected chi connectivity index (χ3v) is 4.35. The van der Waals surface area contributed by atoms with Gasteiger partial charge in [0.05, 0.1) is 6.07 Å². The third-order valence-electron chi connectivity index (χ3n) is 4.35. The molecule has 0 amide bonds. The number of nitriles is 1. The Hall–Kier alpha value is -0.550. The summed E-state index contributed by atoms with van der Waals surface area (Å²) < 4.78 is 0. The maximum atomic E-state index is 9.57. The Morgan fingerprint density at radius 3 is 2.40 bits per heavy atom. The van der Waals surface area contributed by atoms with Gasteiger partial charge in [0, 0.05) is 0 Å². The smallest absolute Gasteiger partial charge is 0.112 e. The lowest BCUT2D eigenvalue weighted by molar-refractivity contribution is 0.0333. The second-order valence-electron chi connectivity index (χ2n) is 4.87. The van der Waals surface area contributed by atoms with Crippen molar-refractivity contribution in [2.45, 2.75) is 52.5 Å². The van der Waals surface area contributed by atoms with Crippen LogP contribution in [-0.2, 0) is 0 Å². The van der Waals surface area contributed by atoms with Gasteiger partial charge >= 0.3 is 0 Å². The molecule has 1 saturated carbocycles. The first-order valence-corrected chi connectivity index (χ1v) is 6.28. The molecule has 2 heteroatoms. The standard InChI is InChI=1S/C13H24N2/c1-5-15(6-2)13(10-14)9-7-8-11(3)12(13)4/h11-12H,5-9H2,1-4H3. The van der Waals surface area contributed by atoms with Crippen molar-refractivity contribution < 1.29 is 0 Å². The van der Waals surface area contributed by atoms with Gasteiger partial charge in [0.25, 0.3) is 0 Å². The number of hydrogen-bond donors (Lipinski definition) is 0. The zero-order valence-electron chi connectivity index (χ0n) is 10.6. The molecule has 86 valence electrons. The summed E-state index contributed by atoms with van der Waals surface area (Å²) in [7, 11) is 0. The molecule has 2 nitrogen and oxygen atoms in total. The zero-order valence-corrected chi connectivity index (χ0v) is 10.6. The van der Waals surface area contributed by atoms with Crippen LogP contribution in [0.4, 0.5) is 0 Å². The van der Waals surface area contributed by atoms with E-state index in [1.807, 2.05) is 0 Å². The average molecular weight is 208 g/mol. The van der Waals surface area contributed by atoms with Crippen LogP contribution in [0.15, 0.2) is 0 Å². The summed E-state index contributed by atoms with van der Waals surface area (Å²) in [6.45, 7) is 10.8. The molecule has 0 spiro atoms. The van der Waals surface area contributed by atoms with Crippen LogP contribution in [0, 0.1) is 23.2 Å². The van der Waals surface area contributed by atoms with Crippen LogP contribution in [-0.4, -0.2) is 23.5 Å². The molecule has 0 aromatic heterocycles. The molecule has 1 fully saturated rings. The first-order valence-electron chi connectivity index (χ1n) is 6.28. The van der Waals surface area contributed by atoms with Crippen molar-refractivity contribution in [1.82, 2.24) is 4.90 Å². The molecule has 0 radical (unpaired) electrons. The zero-order chi connectivity index (χ0) is 11.5. The summed E-state index contributed by atoms with van der Waals surface area (Å²) >= 11 is 0. The van der Waals surface area contributed by atoms with Gasteiger partial charge in [0.15, 0.2) is 0 Å². The fourth-order valence-electron chi connectivity index (χ4n) is 3.10. The Kier molecular flexibility index (Phi) is 4.16. The molecule has 1 aliphatic rings. The fraction of sp³-hybridized carbons (Fsp3) is 0.923. The molecule has 0 heterocycles. The first-order chi connectivity index (χ1) is 7.12. The molecule has 3 atom stereocenters. The van der Waals surface area contributed by atoms with E-state index in [0.717, 1.165) is 19.5 Å². The van der Waals surface area contributed by atoms with Crippen LogP contribution in [0.1, 0.15) is 47.0 Å². The SMILES string of the molecule is CCN(CC)C1(C#N)CCCC(C)C1C. The van der Waals surface area contributed by atoms with E-state index in [1.54, 1.807) is 0 Å². The monoisotopic (exact) mass is 208 g/mol. The molecule has 0 N–H and O–H groups in total. The van der Waals surface area contributed by atoms with Crippen LogP contribution in [0.3, 0.4) is 0 Å². The minimum atomic E-state index is -0.193. The average Bonchev–Trinajstić information content (AvgIpc) is 2.26. The Morgan fingerprint density at radius 1 is 1.33 bits per heavy atom. The van der Waals surface area contributed by atoms with Crippen molar-refractivity contribution in [2.75, 3.05) is 13.1 Å². The van der Waals surface area contributed by atoms with Crippen LogP contribution >= 0.6 is 0 Å². The summed E-state index contributed by atoms with van der Waals surface area (Å²) in [5, 5.41) is 9.57. The Morgan fingerprint density at radius 2 is 1.93 bits per heavy atom. The van der Waals surface area contributed by atoms with Crippen molar-refractivity contribution in [3.05, 3.63) is 0 Å². The molecule has 1 rings (SSSR count). The van der Waals surface area contributed by atoms with E-state index >= 15 is 0 Å². The Bertz CT molecular complexity index is 235. The van der Waals surface area contributed by atoms with Crippen molar-refractivity contribution in [1.29, 1.82) is 5.26 Å². The van der Waals surface area contributed by atoms with Gasteiger partial charge in [-0.15, -0.1) is 0 Å². The van der Waals surface area contributed by atoms with Crippen LogP contribution in [0.5, 0.6) is 0 Å². The molecule has 3 unspecified atom stereocenters. The molecule has 0 saturated heterocycles. The number of nitrogens with zero attached hydrogens (tertiary/aromatic N) is 2. The number of hydrogen-bond acceptors (Lipinski definition) is 2. The highest BCUT2D eigenvalue weighted by Gasteiger charge is 2.45. The highest BCUT2D eigenvalue weighted by atomic mass is 15.2. The Balaban J connectivity index is 2.96. The van der Waals surface area contributed by atoms with E-state index in [1.165, 1.54) is 12.8 Å². The first kappa shape index (κ1) is 12.5. The lowest BCUT2D eigenvalue weighted by Crippen LogP contribution is -2.55. The molecule has 0 aromatic carbocycles. The lowest BCUT2D eigenvalue weighted by atomic mass is 9.68. The van der Waals surface area contributed by atoms with E-state index < -0.39 is 0 Å². The van der Waals surface area contributed by atoms with Gasteiger partial charge in [-0.1, -0.05) is 40.5 Å². The maximum absolute atomic E-state index is 9.57. The molecule has 0 bridgehead atoms. The summed E-state index contributed by atoms with van der Waals surface area (Å²) in [5.41, 5.74) is -0.193. The van der Waals surface area contributed by atoms with Gasteiger partial charge in [-0.25, -0.2) is 0 Å². The van der Waals surface area contributed by atoms with E-state index in [2.05, 4.69) is 38.7 Å². The van der Waals surface area contributed by atoms with Crippen molar-refractivity contribution in [3.63, 3.8) is 0 Å². The van der Waals surface area contributed by atoms with Crippen LogP contribution in [0.25, 0.3) is 0 Å². The predicted molar refractivity (Wildman–Crippen MR) is 63.4 cm³/mol. The number of rotatable bonds is 3. The normalized spacial score (nSPS) is 36.5. The fourth-order valence-corrected chi connectivity index (χ4v) is 3.10. The summed E-state index contributed by atoms with van der Waals surface area (Å²) in [4.78, 5) is 2.35. The maximum Gasteiger partial charge on any atom is 0.112 e. The van der Waals surface area contributed by atoms with Crippen molar-refractivity contribution >= 4 is 0 Å². The second-order valence-corrected chi connectivity index (χ2v) is 4.87. The van der Waals surface area contributed by atoms with E-state index in [-0.39, 0.29) is 5.54 Å². The van der Waals surface area contributed by atoms with Crippen molar-refractivity contribution in [2.24, 2.45) is 11.8 Å². The van der Waals surface area contributed by atoms with E-state index in [0.29, 0.717) is 11.8 Å². The van der Waals surface area contributed by atoms with Crippen LogP contribution in [0.2, 0.25) is 0 Å². The quantitative estimate of drug-likeness (QED) is 0.713. The molecule has 0 aliphatic heterocycles. The molecular formula is C13H24N2. The highest BCUT2D eigenvalue weighted by Crippen LogP contribution is 2.41. The molecule has 1 aliphatic carbocycles. The minimum absolute atomic E-state index is 0.193. The van der Waals surface area contributed by atoms with Crippen molar-refractivity contribution in [3.8, 4) is 6.07 Å². The second kappa shape index (κ2) is 4.99. The van der Waals surface area contributed by atoms with E-state index in [4.69, 9.17) is 0 Å². The lowest BCUT2D eigenvalue weighted by Gasteiger charge is -2.47. The predicted octanol–water partition coefficient (Wildman–Crippen LogP) is 3.05. The van der Waals surface area contributed by atoms with Gasteiger partial charge in [-0.2, -0.15) is 5.26 Å². The Labute approximate surface area is 94.3 Å². The summed E-state index contributed by atoms with van der Waals surface area (Å²) in [6, 6.07) is 2.63. The van der Waals surface area contributed by atoms with Gasteiger partial charge in [0.2, 0.25) is 0 Å². The summed E-state index contributed by atoms with van der Waals surface area (Å²) in [5.74, 6) is 1.18. The third kappa shape index (κ3) is 2.03. The van der Waals surface area contributed by atoms with Gasteiger partial charge in [-0.05, 0) is 31.3 Å². The van der Waals surface area contributed by atoms with E-state index in [9.17, 15) is 5.26 Å². The molecule has 15 heavy (non-hydrogen) atoms. The van der Waals surface area contributed by atoms with Gasteiger partial charge in [-0.3, -0.25) is 4.90 Å². The molecule has 0 aromatic rings. The largest absolute Gasteiger partial charge is 0.286 e. The van der Waals surface area contributed by atoms with Gasteiger partial charge < -0.3 is 0 Å². The summed E-state index contributed by atoms with van der Waals surface area (Å²) in [6.07, 6.45) is 3.54. The highest BCUT2D eigenvalue weighted by molar-refractivity contribution is 5.13.